The van der Waals surface area contributed by atoms with Gasteiger partial charge >= 0.3 is 0 Å². The smallest absolute Gasteiger partial charge is 0.0821 e. The summed E-state index contributed by atoms with van der Waals surface area (Å²) < 4.78 is 18.2. The van der Waals surface area contributed by atoms with Crippen LogP contribution in [0.25, 0.3) is 0 Å². The van der Waals surface area contributed by atoms with Gasteiger partial charge in [0, 0.05) is 29.7 Å². The minimum Gasteiger partial charge on any atom is -0.399 e. The van der Waals surface area contributed by atoms with E-state index in [0.717, 1.165) is 35.8 Å². The third-order valence-electron chi connectivity index (χ3n) is 3.74. The molecule has 2 rings (SSSR count). The lowest BCUT2D eigenvalue weighted by atomic mass is 10.2. The van der Waals surface area contributed by atoms with Crippen LogP contribution in [0.4, 0.5) is 5.69 Å². The van der Waals surface area contributed by atoms with Gasteiger partial charge in [-0.1, -0.05) is 0 Å². The molecule has 0 bridgehead atoms. The molecule has 4 nitrogen and oxygen atoms in total. The van der Waals surface area contributed by atoms with Crippen molar-refractivity contribution in [3.05, 3.63) is 23.8 Å². The highest BCUT2D eigenvalue weighted by Gasteiger charge is 2.24. The summed E-state index contributed by atoms with van der Waals surface area (Å²) in [5.74, 6) is 0.548. The molecule has 1 saturated heterocycles. The Bertz CT molecular complexity index is 491. The molecule has 2 N–H and O–H groups in total. The normalized spacial score (nSPS) is 22.1. The molecule has 0 amide bonds. The van der Waals surface area contributed by atoms with E-state index in [0.29, 0.717) is 11.8 Å². The summed E-state index contributed by atoms with van der Waals surface area (Å²) in [5, 5.41) is 0. The number of nitrogens with two attached hydrogens (primary N) is 1. The van der Waals surface area contributed by atoms with Gasteiger partial charge in [0.15, 0.2) is 0 Å². The maximum atomic E-state index is 12.4. The maximum absolute atomic E-state index is 12.4. The molecule has 1 heterocycles. The summed E-state index contributed by atoms with van der Waals surface area (Å²) in [4.78, 5) is 3.21. The standard InChI is InChI=1S/C15H24N2O2S/c1-11(2)17-6-7-19-13(9-17)10-20(18)14-4-5-15(16)12(3)8-14/h4-5,8,11,13H,6-7,9-10,16H2,1-3H3. The fourth-order valence-electron chi connectivity index (χ4n) is 2.37. The summed E-state index contributed by atoms with van der Waals surface area (Å²) in [6, 6.07) is 6.09. The van der Waals surface area contributed by atoms with Gasteiger partial charge in [0.25, 0.3) is 0 Å². The zero-order chi connectivity index (χ0) is 14.7. The average molecular weight is 296 g/mol. The third kappa shape index (κ3) is 3.81. The van der Waals surface area contributed by atoms with E-state index in [1.807, 2.05) is 25.1 Å². The van der Waals surface area contributed by atoms with Crippen LogP contribution in [-0.2, 0) is 15.5 Å². The lowest BCUT2D eigenvalue weighted by Crippen LogP contribution is -2.47. The highest BCUT2D eigenvalue weighted by molar-refractivity contribution is 7.85. The Labute approximate surface area is 123 Å². The molecule has 20 heavy (non-hydrogen) atoms. The quantitative estimate of drug-likeness (QED) is 0.861. The van der Waals surface area contributed by atoms with Gasteiger partial charge in [-0.3, -0.25) is 9.11 Å². The Morgan fingerprint density at radius 1 is 1.50 bits per heavy atom. The summed E-state index contributed by atoms with van der Waals surface area (Å²) in [6.07, 6.45) is 0.0462. The van der Waals surface area contributed by atoms with E-state index < -0.39 is 10.8 Å². The lowest BCUT2D eigenvalue weighted by Gasteiger charge is -2.35. The fourth-order valence-corrected chi connectivity index (χ4v) is 3.63. The summed E-state index contributed by atoms with van der Waals surface area (Å²) in [6.45, 7) is 8.85. The maximum Gasteiger partial charge on any atom is 0.0821 e. The van der Waals surface area contributed by atoms with Gasteiger partial charge in [-0.15, -0.1) is 0 Å². The molecule has 1 aliphatic heterocycles. The second-order valence-electron chi connectivity index (χ2n) is 5.61. The molecular formula is C15H24N2O2S. The Balaban J connectivity index is 1.98. The van der Waals surface area contributed by atoms with Crippen molar-refractivity contribution in [2.24, 2.45) is 0 Å². The number of hydrogen-bond acceptors (Lipinski definition) is 4. The molecule has 2 unspecified atom stereocenters. The summed E-state index contributed by atoms with van der Waals surface area (Å²) in [7, 11) is -1.03. The second kappa shape index (κ2) is 6.70. The van der Waals surface area contributed by atoms with Crippen molar-refractivity contribution in [2.75, 3.05) is 31.2 Å². The van der Waals surface area contributed by atoms with Gasteiger partial charge < -0.3 is 10.5 Å². The first-order valence-electron chi connectivity index (χ1n) is 7.07. The number of nitrogens with zero attached hydrogens (tertiary/aromatic N) is 1. The van der Waals surface area contributed by atoms with Crippen LogP contribution in [0.3, 0.4) is 0 Å². The summed E-state index contributed by atoms with van der Waals surface area (Å²) >= 11 is 0. The first-order chi connectivity index (χ1) is 9.47. The first kappa shape index (κ1) is 15.5. The number of benzene rings is 1. The molecule has 1 aromatic rings. The van der Waals surface area contributed by atoms with E-state index >= 15 is 0 Å². The number of aryl methyl sites for hydroxylation is 1. The van der Waals surface area contributed by atoms with Crippen LogP contribution in [0.5, 0.6) is 0 Å². The fraction of sp³-hybridized carbons (Fsp3) is 0.600. The zero-order valence-corrected chi connectivity index (χ0v) is 13.3. The first-order valence-corrected chi connectivity index (χ1v) is 8.39. The summed E-state index contributed by atoms with van der Waals surface area (Å²) in [5.41, 5.74) is 7.51. The van der Waals surface area contributed by atoms with E-state index in [1.165, 1.54) is 0 Å². The van der Waals surface area contributed by atoms with Gasteiger partial charge in [0.1, 0.15) is 0 Å². The van der Waals surface area contributed by atoms with E-state index in [4.69, 9.17) is 10.5 Å². The molecular weight excluding hydrogens is 272 g/mol. The van der Waals surface area contributed by atoms with E-state index in [2.05, 4.69) is 18.7 Å². The number of nitrogen functional groups attached to an aromatic ring is 1. The highest BCUT2D eigenvalue weighted by Crippen LogP contribution is 2.18. The van der Waals surface area contributed by atoms with Crippen molar-refractivity contribution < 1.29 is 8.95 Å². The molecule has 0 aromatic heterocycles. The second-order valence-corrected chi connectivity index (χ2v) is 7.11. The highest BCUT2D eigenvalue weighted by atomic mass is 32.2. The predicted molar refractivity (Wildman–Crippen MR) is 83.3 cm³/mol. The van der Waals surface area contributed by atoms with Crippen LogP contribution in [0, 0.1) is 6.92 Å². The molecule has 112 valence electrons. The van der Waals surface area contributed by atoms with Gasteiger partial charge in [-0.25, -0.2) is 0 Å². The molecule has 2 atom stereocenters. The van der Waals surface area contributed by atoms with Crippen LogP contribution < -0.4 is 5.73 Å². The van der Waals surface area contributed by atoms with E-state index in [1.54, 1.807) is 0 Å². The van der Waals surface area contributed by atoms with E-state index in [9.17, 15) is 4.21 Å². The van der Waals surface area contributed by atoms with Crippen LogP contribution in [0.2, 0.25) is 0 Å². The topological polar surface area (TPSA) is 55.6 Å². The SMILES string of the molecule is Cc1cc(S(=O)CC2CN(C(C)C)CCO2)ccc1N. The van der Waals surface area contributed by atoms with Gasteiger partial charge in [0.2, 0.25) is 0 Å². The lowest BCUT2D eigenvalue weighted by molar-refractivity contribution is -0.0268. The molecule has 5 heteroatoms. The predicted octanol–water partition coefficient (Wildman–Crippen LogP) is 1.79. The number of rotatable bonds is 4. The molecule has 0 saturated carbocycles. The van der Waals surface area contributed by atoms with E-state index in [-0.39, 0.29) is 6.10 Å². The zero-order valence-electron chi connectivity index (χ0n) is 12.5. The molecule has 0 aliphatic carbocycles. The van der Waals surface area contributed by atoms with Crippen LogP contribution >= 0.6 is 0 Å². The monoisotopic (exact) mass is 296 g/mol. The largest absolute Gasteiger partial charge is 0.399 e. The minimum absolute atomic E-state index is 0.0462. The van der Waals surface area contributed by atoms with Crippen LogP contribution in [0.15, 0.2) is 23.1 Å². The van der Waals surface area contributed by atoms with Crippen LogP contribution in [-0.4, -0.2) is 46.7 Å². The van der Waals surface area contributed by atoms with Crippen molar-refractivity contribution in [1.29, 1.82) is 0 Å². The number of anilines is 1. The Morgan fingerprint density at radius 2 is 2.25 bits per heavy atom. The molecule has 0 spiro atoms. The average Bonchev–Trinajstić information content (AvgIpc) is 2.42. The molecule has 1 fully saturated rings. The Hall–Kier alpha value is -0.910. The Kier molecular flexibility index (Phi) is 5.18. The van der Waals surface area contributed by atoms with Crippen molar-refractivity contribution in [1.82, 2.24) is 4.90 Å². The third-order valence-corrected chi connectivity index (χ3v) is 5.20. The van der Waals surface area contributed by atoms with Gasteiger partial charge in [-0.05, 0) is 44.5 Å². The minimum atomic E-state index is -1.03. The molecule has 1 aliphatic rings. The number of morpholine rings is 1. The van der Waals surface area contributed by atoms with Crippen molar-refractivity contribution in [2.45, 2.75) is 37.8 Å². The van der Waals surface area contributed by atoms with Crippen molar-refractivity contribution in [3.8, 4) is 0 Å². The number of hydrogen-bond donors (Lipinski definition) is 1. The van der Waals surface area contributed by atoms with Gasteiger partial charge in [-0.2, -0.15) is 0 Å². The van der Waals surface area contributed by atoms with Crippen LogP contribution in [0.1, 0.15) is 19.4 Å². The molecule has 0 radical (unpaired) electrons. The Morgan fingerprint density at radius 3 is 2.90 bits per heavy atom. The van der Waals surface area contributed by atoms with Gasteiger partial charge in [0.05, 0.1) is 29.3 Å². The molecule has 1 aromatic carbocycles. The van der Waals surface area contributed by atoms with Crippen molar-refractivity contribution >= 4 is 16.5 Å². The number of ether oxygens (including phenoxy) is 1. The van der Waals surface area contributed by atoms with Crippen molar-refractivity contribution in [3.63, 3.8) is 0 Å².